The van der Waals surface area contributed by atoms with Gasteiger partial charge in [-0.15, -0.1) is 0 Å². The van der Waals surface area contributed by atoms with Gasteiger partial charge >= 0.3 is 0 Å². The number of nitrogens with zero attached hydrogens (tertiary/aromatic N) is 1. The summed E-state index contributed by atoms with van der Waals surface area (Å²) in [5, 5.41) is 0. The third-order valence-electron chi connectivity index (χ3n) is 2.78. The Bertz CT molecular complexity index is 547. The molecule has 0 aliphatic heterocycles. The highest BCUT2D eigenvalue weighted by molar-refractivity contribution is 5.97. The van der Waals surface area contributed by atoms with E-state index in [1.54, 1.807) is 50.7 Å². The van der Waals surface area contributed by atoms with Crippen LogP contribution in [0.1, 0.15) is 15.9 Å². The molecule has 1 aromatic heterocycles. The fraction of sp³-hybridized carbons (Fsp3) is 0.200. The van der Waals surface area contributed by atoms with Crippen LogP contribution in [-0.4, -0.2) is 25.0 Å². The number of methoxy groups -OCH3 is 2. The zero-order valence-corrected chi connectivity index (χ0v) is 10.9. The number of pyridine rings is 1. The number of rotatable bonds is 5. The lowest BCUT2D eigenvalue weighted by atomic mass is 10.0. The number of carbonyl (C=O) groups is 1. The molecule has 0 fully saturated rings. The molecule has 0 amide bonds. The van der Waals surface area contributed by atoms with Gasteiger partial charge in [0.1, 0.15) is 5.75 Å². The molecule has 19 heavy (non-hydrogen) atoms. The summed E-state index contributed by atoms with van der Waals surface area (Å²) >= 11 is 0. The predicted molar refractivity (Wildman–Crippen MR) is 71.8 cm³/mol. The van der Waals surface area contributed by atoms with E-state index >= 15 is 0 Å². The SMILES string of the molecule is COc1ccc(C(=O)Cc2ccc(OC)nc2)cc1. The Labute approximate surface area is 112 Å². The summed E-state index contributed by atoms with van der Waals surface area (Å²) in [5.74, 6) is 1.33. The second-order valence-electron chi connectivity index (χ2n) is 4.04. The van der Waals surface area contributed by atoms with Crippen molar-refractivity contribution in [1.29, 1.82) is 0 Å². The molecule has 2 rings (SSSR count). The standard InChI is InChI=1S/C15H15NO3/c1-18-13-6-4-12(5-7-13)14(17)9-11-3-8-15(19-2)16-10-11/h3-8,10H,9H2,1-2H3. The van der Waals surface area contributed by atoms with E-state index in [4.69, 9.17) is 9.47 Å². The molecule has 0 bridgehead atoms. The van der Waals surface area contributed by atoms with Gasteiger partial charge in [-0.25, -0.2) is 4.98 Å². The van der Waals surface area contributed by atoms with Crippen LogP contribution >= 0.6 is 0 Å². The first-order chi connectivity index (χ1) is 9.22. The molecule has 4 heteroatoms. The number of ketones is 1. The van der Waals surface area contributed by atoms with Crippen molar-refractivity contribution >= 4 is 5.78 Å². The summed E-state index contributed by atoms with van der Waals surface area (Å²) in [6.07, 6.45) is 1.98. The van der Waals surface area contributed by atoms with E-state index in [1.165, 1.54) is 0 Å². The normalized spacial score (nSPS) is 10.0. The number of hydrogen-bond acceptors (Lipinski definition) is 4. The van der Waals surface area contributed by atoms with Gasteiger partial charge in [-0.05, 0) is 29.8 Å². The van der Waals surface area contributed by atoms with Crippen LogP contribution in [0.15, 0.2) is 42.6 Å². The minimum Gasteiger partial charge on any atom is -0.497 e. The van der Waals surface area contributed by atoms with Crippen molar-refractivity contribution in [3.63, 3.8) is 0 Å². The summed E-state index contributed by atoms with van der Waals surface area (Å²) in [7, 11) is 3.16. The molecule has 0 unspecified atom stereocenters. The maximum Gasteiger partial charge on any atom is 0.212 e. The molecule has 0 aliphatic rings. The zero-order chi connectivity index (χ0) is 13.7. The number of hydrogen-bond donors (Lipinski definition) is 0. The van der Waals surface area contributed by atoms with Crippen molar-refractivity contribution in [2.45, 2.75) is 6.42 Å². The third-order valence-corrected chi connectivity index (χ3v) is 2.78. The molecule has 0 N–H and O–H groups in total. The Balaban J connectivity index is 2.06. The highest BCUT2D eigenvalue weighted by Crippen LogP contribution is 2.14. The van der Waals surface area contributed by atoms with Crippen molar-refractivity contribution in [2.24, 2.45) is 0 Å². The molecule has 0 atom stereocenters. The summed E-state index contributed by atoms with van der Waals surface area (Å²) in [6.45, 7) is 0. The van der Waals surface area contributed by atoms with Crippen LogP contribution in [-0.2, 0) is 6.42 Å². The summed E-state index contributed by atoms with van der Waals surface area (Å²) in [6, 6.07) is 10.7. The predicted octanol–water partition coefficient (Wildman–Crippen LogP) is 2.52. The highest BCUT2D eigenvalue weighted by atomic mass is 16.5. The second kappa shape index (κ2) is 6.00. The van der Waals surface area contributed by atoms with Crippen LogP contribution in [0.5, 0.6) is 11.6 Å². The van der Waals surface area contributed by atoms with Crippen molar-refractivity contribution in [1.82, 2.24) is 4.98 Å². The zero-order valence-electron chi connectivity index (χ0n) is 10.9. The lowest BCUT2D eigenvalue weighted by molar-refractivity contribution is 0.0993. The molecule has 1 heterocycles. The molecule has 1 aromatic carbocycles. The summed E-state index contributed by atoms with van der Waals surface area (Å²) in [4.78, 5) is 16.1. The van der Waals surface area contributed by atoms with Gasteiger partial charge < -0.3 is 9.47 Å². The monoisotopic (exact) mass is 257 g/mol. The van der Waals surface area contributed by atoms with Crippen molar-refractivity contribution < 1.29 is 14.3 Å². The van der Waals surface area contributed by atoms with E-state index in [2.05, 4.69) is 4.98 Å². The van der Waals surface area contributed by atoms with Gasteiger partial charge in [0, 0.05) is 24.2 Å². The Morgan fingerprint density at radius 3 is 2.32 bits per heavy atom. The molecule has 0 radical (unpaired) electrons. The Morgan fingerprint density at radius 2 is 1.79 bits per heavy atom. The number of aromatic nitrogens is 1. The van der Waals surface area contributed by atoms with Crippen LogP contribution in [0, 0.1) is 0 Å². The molecule has 0 aliphatic carbocycles. The maximum atomic E-state index is 12.1. The molecule has 2 aromatic rings. The second-order valence-corrected chi connectivity index (χ2v) is 4.04. The molecule has 0 saturated heterocycles. The highest BCUT2D eigenvalue weighted by Gasteiger charge is 2.07. The lowest BCUT2D eigenvalue weighted by Gasteiger charge is -2.04. The minimum atomic E-state index is 0.0506. The summed E-state index contributed by atoms with van der Waals surface area (Å²) < 4.78 is 10.0. The molecular formula is C15H15NO3. The molecule has 4 nitrogen and oxygen atoms in total. The van der Waals surface area contributed by atoms with Crippen LogP contribution < -0.4 is 9.47 Å². The van der Waals surface area contributed by atoms with Crippen LogP contribution in [0.4, 0.5) is 0 Å². The van der Waals surface area contributed by atoms with Gasteiger partial charge in [0.2, 0.25) is 5.88 Å². The van der Waals surface area contributed by atoms with E-state index in [0.29, 0.717) is 17.9 Å². The van der Waals surface area contributed by atoms with Gasteiger partial charge in [-0.1, -0.05) is 6.07 Å². The Morgan fingerprint density at radius 1 is 1.05 bits per heavy atom. The van der Waals surface area contributed by atoms with E-state index in [0.717, 1.165) is 11.3 Å². The number of benzene rings is 1. The Hall–Kier alpha value is -2.36. The van der Waals surface area contributed by atoms with Crippen molar-refractivity contribution in [2.75, 3.05) is 14.2 Å². The molecule has 0 saturated carbocycles. The molecule has 0 spiro atoms. The largest absolute Gasteiger partial charge is 0.497 e. The quantitative estimate of drug-likeness (QED) is 0.772. The van der Waals surface area contributed by atoms with Gasteiger partial charge in [0.15, 0.2) is 5.78 Å². The first-order valence-electron chi connectivity index (χ1n) is 5.89. The topological polar surface area (TPSA) is 48.4 Å². The van der Waals surface area contributed by atoms with Gasteiger partial charge in [-0.3, -0.25) is 4.79 Å². The van der Waals surface area contributed by atoms with Gasteiger partial charge in [-0.2, -0.15) is 0 Å². The first kappa shape index (κ1) is 13.1. The fourth-order valence-corrected chi connectivity index (χ4v) is 1.70. The van der Waals surface area contributed by atoms with Crippen LogP contribution in [0.2, 0.25) is 0 Å². The van der Waals surface area contributed by atoms with Crippen molar-refractivity contribution in [3.05, 3.63) is 53.7 Å². The minimum absolute atomic E-state index is 0.0506. The van der Waals surface area contributed by atoms with Gasteiger partial charge in [0.05, 0.1) is 14.2 Å². The third kappa shape index (κ3) is 3.31. The number of carbonyl (C=O) groups excluding carboxylic acids is 1. The van der Waals surface area contributed by atoms with E-state index in [9.17, 15) is 4.79 Å². The van der Waals surface area contributed by atoms with E-state index < -0.39 is 0 Å². The van der Waals surface area contributed by atoms with Crippen LogP contribution in [0.3, 0.4) is 0 Å². The summed E-state index contributed by atoms with van der Waals surface area (Å²) in [5.41, 5.74) is 1.53. The first-order valence-corrected chi connectivity index (χ1v) is 5.89. The van der Waals surface area contributed by atoms with Crippen LogP contribution in [0.25, 0.3) is 0 Å². The number of ether oxygens (including phenoxy) is 2. The fourth-order valence-electron chi connectivity index (χ4n) is 1.70. The number of Topliss-reactive ketones (excluding diaryl/α,β-unsaturated/α-hetero) is 1. The maximum absolute atomic E-state index is 12.1. The van der Waals surface area contributed by atoms with Gasteiger partial charge in [0.25, 0.3) is 0 Å². The van der Waals surface area contributed by atoms with E-state index in [-0.39, 0.29) is 5.78 Å². The Kier molecular flexibility index (Phi) is 4.13. The average molecular weight is 257 g/mol. The molecular weight excluding hydrogens is 242 g/mol. The lowest BCUT2D eigenvalue weighted by Crippen LogP contribution is -2.04. The molecule has 98 valence electrons. The van der Waals surface area contributed by atoms with E-state index in [1.807, 2.05) is 6.07 Å². The average Bonchev–Trinajstić information content (AvgIpc) is 2.48. The van der Waals surface area contributed by atoms with Crippen molar-refractivity contribution in [3.8, 4) is 11.6 Å². The smallest absolute Gasteiger partial charge is 0.212 e.